The summed E-state index contributed by atoms with van der Waals surface area (Å²) < 4.78 is 4.93. The van der Waals surface area contributed by atoms with Crippen molar-refractivity contribution in [2.24, 2.45) is 0 Å². The zero-order valence-corrected chi connectivity index (χ0v) is 17.0. The molecule has 2 N–H and O–H groups in total. The van der Waals surface area contributed by atoms with Crippen molar-refractivity contribution in [2.75, 3.05) is 18.5 Å². The molecule has 6 heteroatoms. The van der Waals surface area contributed by atoms with Gasteiger partial charge in [0.25, 0.3) is 11.8 Å². The van der Waals surface area contributed by atoms with Crippen molar-refractivity contribution in [3.8, 4) is 0 Å². The van der Waals surface area contributed by atoms with Crippen molar-refractivity contribution in [3.05, 3.63) is 77.9 Å². The van der Waals surface area contributed by atoms with Crippen LogP contribution in [0.15, 0.2) is 66.7 Å². The topological polar surface area (TPSA) is 84.5 Å². The summed E-state index contributed by atoms with van der Waals surface area (Å²) in [6, 6.07) is 20.5. The van der Waals surface area contributed by atoms with Gasteiger partial charge in [-0.25, -0.2) is 0 Å². The van der Waals surface area contributed by atoms with Crippen molar-refractivity contribution < 1.29 is 19.1 Å². The fourth-order valence-corrected chi connectivity index (χ4v) is 2.93. The van der Waals surface area contributed by atoms with Gasteiger partial charge in [0.1, 0.15) is 6.54 Å². The first-order chi connectivity index (χ1) is 14.4. The maximum atomic E-state index is 12.2. The highest BCUT2D eigenvalue weighted by molar-refractivity contribution is 6.00. The van der Waals surface area contributed by atoms with E-state index in [1.54, 1.807) is 24.3 Å². The van der Waals surface area contributed by atoms with Gasteiger partial charge in [-0.2, -0.15) is 0 Å². The first-order valence-electron chi connectivity index (χ1n) is 9.75. The Kier molecular flexibility index (Phi) is 6.80. The third-order valence-corrected chi connectivity index (χ3v) is 4.63. The monoisotopic (exact) mass is 404 g/mol. The third kappa shape index (κ3) is 5.67. The molecule has 0 aliphatic rings. The van der Waals surface area contributed by atoms with Gasteiger partial charge in [0, 0.05) is 11.3 Å². The van der Waals surface area contributed by atoms with Crippen molar-refractivity contribution >= 4 is 34.2 Å². The Morgan fingerprint density at radius 2 is 1.60 bits per heavy atom. The molecule has 2 amide bonds. The van der Waals surface area contributed by atoms with Gasteiger partial charge in [-0.1, -0.05) is 56.3 Å². The molecule has 3 aromatic carbocycles. The van der Waals surface area contributed by atoms with Crippen LogP contribution in [0.1, 0.15) is 35.7 Å². The maximum absolute atomic E-state index is 12.2. The molecule has 0 unspecified atom stereocenters. The number of rotatable bonds is 7. The molecular weight excluding hydrogens is 380 g/mol. The lowest BCUT2D eigenvalue weighted by atomic mass is 10.0. The zero-order valence-electron chi connectivity index (χ0n) is 17.0. The van der Waals surface area contributed by atoms with Crippen LogP contribution in [0.4, 0.5) is 5.69 Å². The van der Waals surface area contributed by atoms with Gasteiger partial charge in [0.15, 0.2) is 6.61 Å². The molecule has 0 saturated heterocycles. The van der Waals surface area contributed by atoms with Gasteiger partial charge in [0.05, 0.1) is 0 Å². The Bertz CT molecular complexity index is 1060. The minimum Gasteiger partial charge on any atom is -0.454 e. The number of esters is 1. The summed E-state index contributed by atoms with van der Waals surface area (Å²) in [5, 5.41) is 7.14. The number of carbonyl (C=O) groups excluding carboxylic acids is 3. The molecule has 0 aliphatic heterocycles. The highest BCUT2D eigenvalue weighted by atomic mass is 16.5. The number of hydrogen-bond donors (Lipinski definition) is 2. The van der Waals surface area contributed by atoms with Crippen LogP contribution in [0.5, 0.6) is 0 Å². The number of nitrogens with one attached hydrogen (secondary N) is 2. The second kappa shape index (κ2) is 9.69. The molecule has 0 aliphatic carbocycles. The summed E-state index contributed by atoms with van der Waals surface area (Å²) in [5.74, 6) is -1.11. The molecule has 0 bridgehead atoms. The first kappa shape index (κ1) is 21.0. The summed E-state index contributed by atoms with van der Waals surface area (Å²) in [6.45, 7) is 3.44. The second-order valence-corrected chi connectivity index (χ2v) is 7.23. The smallest absolute Gasteiger partial charge is 0.325 e. The lowest BCUT2D eigenvalue weighted by molar-refractivity contribution is -0.146. The number of anilines is 1. The number of hydrogen-bond acceptors (Lipinski definition) is 4. The highest BCUT2D eigenvalue weighted by Gasteiger charge is 2.11. The van der Waals surface area contributed by atoms with Crippen LogP contribution in [0.2, 0.25) is 0 Å². The molecule has 30 heavy (non-hydrogen) atoms. The fraction of sp³-hybridized carbons (Fsp3) is 0.208. The van der Waals surface area contributed by atoms with Crippen LogP contribution in [0, 0.1) is 0 Å². The standard InChI is InChI=1S/C24H24N2O4/c1-16(2)17-9-11-21(12-10-17)26-22(27)15-30-23(28)14-25-24(29)20-8-7-18-5-3-4-6-19(18)13-20/h3-13,16H,14-15H2,1-2H3,(H,25,29)(H,26,27). The van der Waals surface area contributed by atoms with Gasteiger partial charge >= 0.3 is 5.97 Å². The van der Waals surface area contributed by atoms with E-state index in [0.29, 0.717) is 17.2 Å². The lowest BCUT2D eigenvalue weighted by Crippen LogP contribution is -2.32. The molecule has 6 nitrogen and oxygen atoms in total. The van der Waals surface area contributed by atoms with E-state index >= 15 is 0 Å². The van der Waals surface area contributed by atoms with Crippen LogP contribution in [-0.2, 0) is 14.3 Å². The minimum atomic E-state index is -0.686. The number of amides is 2. The minimum absolute atomic E-state index is 0.317. The summed E-state index contributed by atoms with van der Waals surface area (Å²) >= 11 is 0. The molecule has 0 aromatic heterocycles. The van der Waals surface area contributed by atoms with Gasteiger partial charge in [0.2, 0.25) is 0 Å². The molecule has 154 valence electrons. The number of carbonyl (C=O) groups is 3. The molecule has 0 fully saturated rings. The average molecular weight is 404 g/mol. The highest BCUT2D eigenvalue weighted by Crippen LogP contribution is 2.17. The van der Waals surface area contributed by atoms with E-state index in [2.05, 4.69) is 24.5 Å². The van der Waals surface area contributed by atoms with Crippen LogP contribution in [0.25, 0.3) is 10.8 Å². The van der Waals surface area contributed by atoms with Crippen LogP contribution in [0.3, 0.4) is 0 Å². The van der Waals surface area contributed by atoms with Gasteiger partial charge in [-0.15, -0.1) is 0 Å². The average Bonchev–Trinajstić information content (AvgIpc) is 2.76. The van der Waals surface area contributed by atoms with E-state index in [-0.39, 0.29) is 12.5 Å². The molecule has 0 atom stereocenters. The maximum Gasteiger partial charge on any atom is 0.325 e. The Balaban J connectivity index is 1.43. The van der Waals surface area contributed by atoms with E-state index < -0.39 is 18.5 Å². The molecule has 0 spiro atoms. The van der Waals surface area contributed by atoms with E-state index in [4.69, 9.17) is 4.74 Å². The quantitative estimate of drug-likeness (QED) is 0.586. The van der Waals surface area contributed by atoms with E-state index in [1.807, 2.05) is 42.5 Å². The molecule has 0 heterocycles. The first-order valence-corrected chi connectivity index (χ1v) is 9.75. The SMILES string of the molecule is CC(C)c1ccc(NC(=O)COC(=O)CNC(=O)c2ccc3ccccc3c2)cc1. The Morgan fingerprint density at radius 1 is 0.900 bits per heavy atom. The van der Waals surface area contributed by atoms with Crippen molar-refractivity contribution in [1.29, 1.82) is 0 Å². The second-order valence-electron chi connectivity index (χ2n) is 7.23. The lowest BCUT2D eigenvalue weighted by Gasteiger charge is -2.09. The summed E-state index contributed by atoms with van der Waals surface area (Å²) in [6.07, 6.45) is 0. The van der Waals surface area contributed by atoms with Crippen molar-refractivity contribution in [3.63, 3.8) is 0 Å². The summed E-state index contributed by atoms with van der Waals surface area (Å²) in [7, 11) is 0. The van der Waals surface area contributed by atoms with Crippen LogP contribution < -0.4 is 10.6 Å². The van der Waals surface area contributed by atoms with Crippen LogP contribution in [-0.4, -0.2) is 30.9 Å². The van der Waals surface area contributed by atoms with Crippen molar-refractivity contribution in [1.82, 2.24) is 5.32 Å². The number of ether oxygens (including phenoxy) is 1. The Morgan fingerprint density at radius 3 is 2.30 bits per heavy atom. The molecule has 0 saturated carbocycles. The van der Waals surface area contributed by atoms with Crippen LogP contribution >= 0.6 is 0 Å². The van der Waals surface area contributed by atoms with Gasteiger partial charge in [-0.05, 0) is 46.5 Å². The molecule has 3 aromatic rings. The molecule has 3 rings (SSSR count). The largest absolute Gasteiger partial charge is 0.454 e. The summed E-state index contributed by atoms with van der Waals surface area (Å²) in [4.78, 5) is 36.0. The van der Waals surface area contributed by atoms with Gasteiger partial charge in [-0.3, -0.25) is 14.4 Å². The zero-order chi connectivity index (χ0) is 21.5. The van der Waals surface area contributed by atoms with Crippen molar-refractivity contribution in [2.45, 2.75) is 19.8 Å². The Labute approximate surface area is 175 Å². The van der Waals surface area contributed by atoms with E-state index in [1.165, 1.54) is 5.56 Å². The number of fused-ring (bicyclic) bond motifs is 1. The predicted molar refractivity (Wildman–Crippen MR) is 116 cm³/mol. The third-order valence-electron chi connectivity index (χ3n) is 4.63. The molecular formula is C24H24N2O4. The Hall–Kier alpha value is -3.67. The summed E-state index contributed by atoms with van der Waals surface area (Å²) in [5.41, 5.74) is 2.25. The fourth-order valence-electron chi connectivity index (χ4n) is 2.93. The predicted octanol–water partition coefficient (Wildman–Crippen LogP) is 3.87. The number of benzene rings is 3. The van der Waals surface area contributed by atoms with E-state index in [9.17, 15) is 14.4 Å². The normalized spacial score (nSPS) is 10.6. The molecule has 0 radical (unpaired) electrons. The van der Waals surface area contributed by atoms with Gasteiger partial charge < -0.3 is 15.4 Å². The van der Waals surface area contributed by atoms with E-state index in [0.717, 1.165) is 10.8 Å².